The van der Waals surface area contributed by atoms with Crippen LogP contribution in [0.1, 0.15) is 27.7 Å². The van der Waals surface area contributed by atoms with Gasteiger partial charge < -0.3 is 11.5 Å². The van der Waals surface area contributed by atoms with Crippen LogP contribution >= 0.6 is 24.8 Å². The summed E-state index contributed by atoms with van der Waals surface area (Å²) in [6.07, 6.45) is 0. The Morgan fingerprint density at radius 3 is 1.95 bits per heavy atom. The van der Waals surface area contributed by atoms with Crippen molar-refractivity contribution in [2.75, 3.05) is 13.1 Å². The third-order valence-electron chi connectivity index (χ3n) is 1.63. The maximum absolute atomic E-state index is 5.55. The molecule has 0 radical (unpaired) electrons. The standard InChI is InChI=1S/C10H24N8.2ClH/c1-7(2)5-13-9(11)15-17-18-16-10(12)14-6-8(3)4;;/h7-8H,5-6H2,1-4H3,(H3,11,13,15,18)(H3,12,14,16,17);2*1H. The summed E-state index contributed by atoms with van der Waals surface area (Å²) in [5, 5.41) is 7.20. The Labute approximate surface area is 132 Å². The van der Waals surface area contributed by atoms with Crippen LogP contribution in [-0.4, -0.2) is 25.0 Å². The Kier molecular flexibility index (Phi) is 16.8. The van der Waals surface area contributed by atoms with Crippen molar-refractivity contribution in [1.82, 2.24) is 11.0 Å². The van der Waals surface area contributed by atoms with Crippen LogP contribution in [0.15, 0.2) is 20.3 Å². The Morgan fingerprint density at radius 2 is 1.45 bits per heavy atom. The molecule has 0 aliphatic rings. The fraction of sp³-hybridized carbons (Fsp3) is 0.800. The maximum Gasteiger partial charge on any atom is 0.237 e. The number of nitrogens with two attached hydrogens (primary N) is 2. The van der Waals surface area contributed by atoms with Gasteiger partial charge in [0.1, 0.15) is 0 Å². The molecule has 0 atom stereocenters. The highest BCUT2D eigenvalue weighted by Crippen LogP contribution is 1.91. The summed E-state index contributed by atoms with van der Waals surface area (Å²) in [7, 11) is 0. The van der Waals surface area contributed by atoms with Gasteiger partial charge in [0.25, 0.3) is 0 Å². The first-order valence-corrected chi connectivity index (χ1v) is 5.93. The van der Waals surface area contributed by atoms with E-state index >= 15 is 0 Å². The van der Waals surface area contributed by atoms with E-state index in [1.807, 2.05) is 13.8 Å². The van der Waals surface area contributed by atoms with Gasteiger partial charge >= 0.3 is 0 Å². The molecule has 0 aromatic heterocycles. The number of nitrogens with zero attached hydrogens (tertiary/aromatic N) is 4. The summed E-state index contributed by atoms with van der Waals surface area (Å²) in [5.41, 5.74) is 16.0. The first-order chi connectivity index (χ1) is 8.41. The highest BCUT2D eigenvalue weighted by atomic mass is 35.5. The zero-order valence-electron chi connectivity index (χ0n) is 12.3. The van der Waals surface area contributed by atoms with Gasteiger partial charge in [0.05, 0.1) is 0 Å². The molecule has 6 N–H and O–H groups in total. The molecule has 120 valence electrons. The molecule has 0 spiro atoms. The van der Waals surface area contributed by atoms with E-state index in [1.165, 1.54) is 0 Å². The number of hydrazine groups is 1. The molecule has 0 unspecified atom stereocenters. The van der Waals surface area contributed by atoms with Crippen molar-refractivity contribution in [3.05, 3.63) is 0 Å². The van der Waals surface area contributed by atoms with Gasteiger partial charge in [-0.3, -0.25) is 10.4 Å². The number of aliphatic imine (C=N–C) groups is 2. The summed E-state index contributed by atoms with van der Waals surface area (Å²) in [6.45, 7) is 9.46. The van der Waals surface area contributed by atoms with E-state index in [1.54, 1.807) is 0 Å². The summed E-state index contributed by atoms with van der Waals surface area (Å²) in [6, 6.07) is 0. The molecular weight excluding hydrogens is 303 g/mol. The fourth-order valence-electron chi connectivity index (χ4n) is 0.787. The minimum atomic E-state index is 0. The summed E-state index contributed by atoms with van der Waals surface area (Å²) < 4.78 is 0. The van der Waals surface area contributed by atoms with Crippen LogP contribution in [0.4, 0.5) is 0 Å². The summed E-state index contributed by atoms with van der Waals surface area (Å²) >= 11 is 0. The Balaban J connectivity index is -0.00000144. The molecule has 0 saturated heterocycles. The molecule has 0 fully saturated rings. The summed E-state index contributed by atoms with van der Waals surface area (Å²) in [4.78, 5) is 8.06. The van der Waals surface area contributed by atoms with Crippen LogP contribution in [-0.2, 0) is 0 Å². The van der Waals surface area contributed by atoms with Gasteiger partial charge in [0.2, 0.25) is 11.9 Å². The van der Waals surface area contributed by atoms with Crippen molar-refractivity contribution in [2.45, 2.75) is 27.7 Å². The quantitative estimate of drug-likeness (QED) is 0.253. The van der Waals surface area contributed by atoms with E-state index in [9.17, 15) is 0 Å². The molecule has 0 aromatic rings. The third-order valence-corrected chi connectivity index (χ3v) is 1.63. The van der Waals surface area contributed by atoms with Crippen LogP contribution in [0.5, 0.6) is 0 Å². The minimum Gasteiger partial charge on any atom is -0.369 e. The second-order valence-electron chi connectivity index (χ2n) is 4.65. The smallest absolute Gasteiger partial charge is 0.237 e. The van der Waals surface area contributed by atoms with Gasteiger partial charge in [-0.15, -0.1) is 24.8 Å². The number of hydrogen-bond acceptors (Lipinski definition) is 3. The van der Waals surface area contributed by atoms with Gasteiger partial charge in [-0.25, -0.2) is 4.99 Å². The van der Waals surface area contributed by atoms with Crippen molar-refractivity contribution >= 4 is 36.7 Å². The van der Waals surface area contributed by atoms with Crippen LogP contribution in [0.3, 0.4) is 0 Å². The zero-order chi connectivity index (χ0) is 14.0. The largest absolute Gasteiger partial charge is 0.369 e. The van der Waals surface area contributed by atoms with Gasteiger partial charge in [0, 0.05) is 13.1 Å². The van der Waals surface area contributed by atoms with Crippen molar-refractivity contribution in [2.24, 2.45) is 43.6 Å². The van der Waals surface area contributed by atoms with Crippen molar-refractivity contribution in [3.8, 4) is 0 Å². The molecule has 0 aliphatic carbocycles. The fourth-order valence-corrected chi connectivity index (χ4v) is 0.787. The second kappa shape index (κ2) is 14.1. The van der Waals surface area contributed by atoms with Gasteiger partial charge in [-0.05, 0) is 11.8 Å². The Hall–Kier alpha value is -1.28. The SMILES string of the molecule is CC(C)CN=C(N)N=NNNC(N)=NCC(C)C.Cl.Cl. The molecule has 0 amide bonds. The first kappa shape index (κ1) is 23.8. The monoisotopic (exact) mass is 328 g/mol. The average molecular weight is 329 g/mol. The lowest BCUT2D eigenvalue weighted by atomic mass is 10.2. The van der Waals surface area contributed by atoms with Gasteiger partial charge in [-0.1, -0.05) is 38.0 Å². The molecule has 8 nitrogen and oxygen atoms in total. The number of halogens is 2. The van der Waals surface area contributed by atoms with Gasteiger partial charge in [-0.2, -0.15) is 5.53 Å². The van der Waals surface area contributed by atoms with Crippen molar-refractivity contribution in [3.63, 3.8) is 0 Å². The van der Waals surface area contributed by atoms with Crippen LogP contribution < -0.4 is 22.4 Å². The zero-order valence-corrected chi connectivity index (χ0v) is 14.0. The highest BCUT2D eigenvalue weighted by Gasteiger charge is 1.93. The average Bonchev–Trinajstić information content (AvgIpc) is 2.29. The minimum absolute atomic E-state index is 0. The lowest BCUT2D eigenvalue weighted by Crippen LogP contribution is -2.39. The molecule has 20 heavy (non-hydrogen) atoms. The lowest BCUT2D eigenvalue weighted by Gasteiger charge is -2.04. The molecule has 10 heteroatoms. The van der Waals surface area contributed by atoms with E-state index in [0.29, 0.717) is 24.9 Å². The summed E-state index contributed by atoms with van der Waals surface area (Å²) in [5.74, 6) is 1.26. The molecule has 0 rings (SSSR count). The van der Waals surface area contributed by atoms with Crippen LogP contribution in [0, 0.1) is 11.8 Å². The van der Waals surface area contributed by atoms with Crippen molar-refractivity contribution in [1.29, 1.82) is 0 Å². The number of guanidine groups is 2. The normalized spacial score (nSPS) is 12.3. The number of rotatable bonds is 6. The number of nitrogens with one attached hydrogen (secondary N) is 2. The Morgan fingerprint density at radius 1 is 0.950 bits per heavy atom. The van der Waals surface area contributed by atoms with Gasteiger partial charge in [0.15, 0.2) is 0 Å². The molecule has 0 bridgehead atoms. The predicted octanol–water partition coefficient (Wildman–Crippen LogP) is 1.23. The second-order valence-corrected chi connectivity index (χ2v) is 4.65. The first-order valence-electron chi connectivity index (χ1n) is 5.93. The van der Waals surface area contributed by atoms with E-state index in [2.05, 4.69) is 45.1 Å². The highest BCUT2D eigenvalue weighted by molar-refractivity contribution is 5.85. The van der Waals surface area contributed by atoms with Crippen LogP contribution in [0.25, 0.3) is 0 Å². The molecule has 0 heterocycles. The molecular formula is C10H26Cl2N8. The van der Waals surface area contributed by atoms with E-state index < -0.39 is 0 Å². The van der Waals surface area contributed by atoms with E-state index in [0.717, 1.165) is 0 Å². The van der Waals surface area contributed by atoms with Crippen molar-refractivity contribution < 1.29 is 0 Å². The van der Waals surface area contributed by atoms with E-state index in [-0.39, 0.29) is 36.7 Å². The molecule has 0 saturated carbocycles. The predicted molar refractivity (Wildman–Crippen MR) is 88.3 cm³/mol. The molecule has 0 aromatic carbocycles. The van der Waals surface area contributed by atoms with E-state index in [4.69, 9.17) is 11.5 Å². The maximum atomic E-state index is 5.55. The Bertz CT molecular complexity index is 314. The van der Waals surface area contributed by atoms with Crippen LogP contribution in [0.2, 0.25) is 0 Å². The lowest BCUT2D eigenvalue weighted by molar-refractivity contribution is 0.632. The topological polar surface area (TPSA) is 126 Å². The third kappa shape index (κ3) is 16.7. The molecule has 0 aliphatic heterocycles. The number of hydrogen-bond donors (Lipinski definition) is 4.